The predicted octanol–water partition coefficient (Wildman–Crippen LogP) is 2.38. The van der Waals surface area contributed by atoms with E-state index in [1.165, 1.54) is 0 Å². The SMILES string of the molecule is CCNc1nc(C2CCCO2)nc(C)c1C. The van der Waals surface area contributed by atoms with Gasteiger partial charge in [-0.3, -0.25) is 0 Å². The Balaban J connectivity index is 2.31. The van der Waals surface area contributed by atoms with E-state index in [0.29, 0.717) is 0 Å². The Hall–Kier alpha value is -1.16. The molecule has 1 unspecified atom stereocenters. The van der Waals surface area contributed by atoms with Crippen molar-refractivity contribution in [1.29, 1.82) is 0 Å². The molecule has 0 aliphatic carbocycles. The van der Waals surface area contributed by atoms with Crippen molar-refractivity contribution >= 4 is 5.82 Å². The van der Waals surface area contributed by atoms with E-state index >= 15 is 0 Å². The van der Waals surface area contributed by atoms with Crippen LogP contribution in [0.4, 0.5) is 5.82 Å². The highest BCUT2D eigenvalue weighted by Crippen LogP contribution is 2.28. The number of nitrogens with zero attached hydrogens (tertiary/aromatic N) is 2. The van der Waals surface area contributed by atoms with Gasteiger partial charge in [-0.15, -0.1) is 0 Å². The lowest BCUT2D eigenvalue weighted by Crippen LogP contribution is -2.10. The molecule has 1 aliphatic heterocycles. The van der Waals surface area contributed by atoms with Crippen LogP contribution in [0.3, 0.4) is 0 Å². The smallest absolute Gasteiger partial charge is 0.159 e. The minimum absolute atomic E-state index is 0.0942. The van der Waals surface area contributed by atoms with Gasteiger partial charge in [-0.05, 0) is 33.6 Å². The zero-order valence-corrected chi connectivity index (χ0v) is 10.2. The number of ether oxygens (including phenoxy) is 1. The van der Waals surface area contributed by atoms with Crippen molar-refractivity contribution in [2.45, 2.75) is 39.7 Å². The second-order valence-corrected chi connectivity index (χ2v) is 4.17. The van der Waals surface area contributed by atoms with E-state index in [-0.39, 0.29) is 6.10 Å². The molecule has 1 aliphatic rings. The number of hydrogen-bond acceptors (Lipinski definition) is 4. The first kappa shape index (κ1) is 11.3. The van der Waals surface area contributed by atoms with Crippen molar-refractivity contribution in [3.05, 3.63) is 17.1 Å². The van der Waals surface area contributed by atoms with Crippen LogP contribution in [0.25, 0.3) is 0 Å². The van der Waals surface area contributed by atoms with Crippen LogP contribution >= 0.6 is 0 Å². The Labute approximate surface area is 96.4 Å². The van der Waals surface area contributed by atoms with Gasteiger partial charge in [-0.2, -0.15) is 0 Å². The molecular weight excluding hydrogens is 202 g/mol. The van der Waals surface area contributed by atoms with Crippen molar-refractivity contribution in [2.24, 2.45) is 0 Å². The van der Waals surface area contributed by atoms with Crippen molar-refractivity contribution in [3.8, 4) is 0 Å². The summed E-state index contributed by atoms with van der Waals surface area (Å²) < 4.78 is 5.61. The summed E-state index contributed by atoms with van der Waals surface area (Å²) in [5.74, 6) is 1.78. The van der Waals surface area contributed by atoms with E-state index in [0.717, 1.165) is 48.9 Å². The lowest BCUT2D eigenvalue weighted by Gasteiger charge is -2.14. The summed E-state index contributed by atoms with van der Waals surface area (Å²) in [5, 5.41) is 3.27. The Bertz CT molecular complexity index is 373. The fourth-order valence-electron chi connectivity index (χ4n) is 1.92. The molecule has 2 heterocycles. The number of nitrogens with one attached hydrogen (secondary N) is 1. The van der Waals surface area contributed by atoms with E-state index in [1.807, 2.05) is 13.8 Å². The second kappa shape index (κ2) is 4.78. The van der Waals surface area contributed by atoms with Gasteiger partial charge in [0.15, 0.2) is 5.82 Å². The molecule has 16 heavy (non-hydrogen) atoms. The van der Waals surface area contributed by atoms with Crippen LogP contribution in [0, 0.1) is 13.8 Å². The molecule has 0 radical (unpaired) electrons. The number of aromatic nitrogens is 2. The summed E-state index contributed by atoms with van der Waals surface area (Å²) in [5.41, 5.74) is 2.17. The van der Waals surface area contributed by atoms with E-state index in [4.69, 9.17) is 4.74 Å². The van der Waals surface area contributed by atoms with Gasteiger partial charge >= 0.3 is 0 Å². The van der Waals surface area contributed by atoms with Crippen LogP contribution in [0.5, 0.6) is 0 Å². The lowest BCUT2D eigenvalue weighted by molar-refractivity contribution is 0.105. The second-order valence-electron chi connectivity index (χ2n) is 4.17. The fraction of sp³-hybridized carbons (Fsp3) is 0.667. The number of aryl methyl sites for hydroxylation is 1. The van der Waals surface area contributed by atoms with E-state index in [2.05, 4.69) is 22.2 Å². The Kier molecular flexibility index (Phi) is 3.39. The van der Waals surface area contributed by atoms with Crippen LogP contribution in [-0.4, -0.2) is 23.1 Å². The predicted molar refractivity (Wildman–Crippen MR) is 63.6 cm³/mol. The molecule has 1 saturated heterocycles. The maximum Gasteiger partial charge on any atom is 0.159 e. The Morgan fingerprint density at radius 3 is 2.81 bits per heavy atom. The average Bonchev–Trinajstić information content (AvgIpc) is 2.78. The number of hydrogen-bond donors (Lipinski definition) is 1. The zero-order valence-electron chi connectivity index (χ0n) is 10.2. The lowest BCUT2D eigenvalue weighted by atomic mass is 10.2. The molecule has 2 rings (SSSR count). The molecule has 0 spiro atoms. The fourth-order valence-corrected chi connectivity index (χ4v) is 1.92. The maximum atomic E-state index is 5.61. The molecule has 0 saturated carbocycles. The highest BCUT2D eigenvalue weighted by atomic mass is 16.5. The van der Waals surface area contributed by atoms with Crippen molar-refractivity contribution in [2.75, 3.05) is 18.5 Å². The van der Waals surface area contributed by atoms with Crippen LogP contribution in [-0.2, 0) is 4.74 Å². The van der Waals surface area contributed by atoms with Crippen molar-refractivity contribution in [1.82, 2.24) is 9.97 Å². The van der Waals surface area contributed by atoms with Crippen LogP contribution in [0.1, 0.15) is 43.0 Å². The van der Waals surface area contributed by atoms with E-state index < -0.39 is 0 Å². The van der Waals surface area contributed by atoms with Crippen molar-refractivity contribution < 1.29 is 4.74 Å². The van der Waals surface area contributed by atoms with Crippen LogP contribution in [0.15, 0.2) is 0 Å². The Morgan fingerprint density at radius 1 is 1.38 bits per heavy atom. The van der Waals surface area contributed by atoms with E-state index in [1.54, 1.807) is 0 Å². The summed E-state index contributed by atoms with van der Waals surface area (Å²) in [4.78, 5) is 9.08. The molecule has 4 heteroatoms. The highest BCUT2D eigenvalue weighted by Gasteiger charge is 2.22. The molecule has 4 nitrogen and oxygen atoms in total. The van der Waals surface area contributed by atoms with E-state index in [9.17, 15) is 0 Å². The van der Waals surface area contributed by atoms with Gasteiger partial charge in [0.1, 0.15) is 11.9 Å². The monoisotopic (exact) mass is 221 g/mol. The topological polar surface area (TPSA) is 47.0 Å². The van der Waals surface area contributed by atoms with Gasteiger partial charge < -0.3 is 10.1 Å². The zero-order chi connectivity index (χ0) is 11.5. The Morgan fingerprint density at radius 2 is 2.19 bits per heavy atom. The van der Waals surface area contributed by atoms with Crippen LogP contribution in [0.2, 0.25) is 0 Å². The van der Waals surface area contributed by atoms with Gasteiger partial charge in [0.05, 0.1) is 0 Å². The summed E-state index contributed by atoms with van der Waals surface area (Å²) >= 11 is 0. The van der Waals surface area contributed by atoms with Gasteiger partial charge in [-0.25, -0.2) is 9.97 Å². The third kappa shape index (κ3) is 2.16. The summed E-state index contributed by atoms with van der Waals surface area (Å²) in [6.07, 6.45) is 2.24. The van der Waals surface area contributed by atoms with Crippen molar-refractivity contribution in [3.63, 3.8) is 0 Å². The summed E-state index contributed by atoms with van der Waals surface area (Å²) in [6, 6.07) is 0. The third-order valence-electron chi connectivity index (χ3n) is 2.97. The highest BCUT2D eigenvalue weighted by molar-refractivity contribution is 5.45. The molecule has 0 bridgehead atoms. The largest absolute Gasteiger partial charge is 0.370 e. The first-order valence-corrected chi connectivity index (χ1v) is 5.93. The molecule has 88 valence electrons. The third-order valence-corrected chi connectivity index (χ3v) is 2.97. The molecule has 1 fully saturated rings. The van der Waals surface area contributed by atoms with Gasteiger partial charge in [0.25, 0.3) is 0 Å². The van der Waals surface area contributed by atoms with Gasteiger partial charge in [0, 0.05) is 24.4 Å². The molecular formula is C12H19N3O. The van der Waals surface area contributed by atoms with Crippen LogP contribution < -0.4 is 5.32 Å². The maximum absolute atomic E-state index is 5.61. The molecule has 1 aromatic heterocycles. The summed E-state index contributed by atoms with van der Waals surface area (Å²) in [6.45, 7) is 7.85. The quantitative estimate of drug-likeness (QED) is 0.851. The molecule has 0 amide bonds. The molecule has 1 aromatic rings. The average molecular weight is 221 g/mol. The first-order chi connectivity index (χ1) is 7.72. The van der Waals surface area contributed by atoms with Gasteiger partial charge in [0.2, 0.25) is 0 Å². The molecule has 0 aromatic carbocycles. The van der Waals surface area contributed by atoms with Gasteiger partial charge in [-0.1, -0.05) is 0 Å². The first-order valence-electron chi connectivity index (χ1n) is 5.93. The molecule has 1 atom stereocenters. The number of anilines is 1. The standard InChI is InChI=1S/C12H19N3O/c1-4-13-11-8(2)9(3)14-12(15-11)10-6-5-7-16-10/h10H,4-7H2,1-3H3,(H,13,14,15). The number of rotatable bonds is 3. The minimum atomic E-state index is 0.0942. The minimum Gasteiger partial charge on any atom is -0.370 e. The molecule has 1 N–H and O–H groups in total. The normalized spacial score (nSPS) is 20.1. The summed E-state index contributed by atoms with van der Waals surface area (Å²) in [7, 11) is 0.